The van der Waals surface area contributed by atoms with Crippen molar-refractivity contribution >= 4 is 12.1 Å². The van der Waals surface area contributed by atoms with E-state index < -0.39 is 5.91 Å². The Morgan fingerprint density at radius 1 is 1.12 bits per heavy atom. The maximum absolute atomic E-state index is 12.8. The summed E-state index contributed by atoms with van der Waals surface area (Å²) in [5.41, 5.74) is 2.99. The number of nitrogens with one attached hydrogen (secondary N) is 1. The van der Waals surface area contributed by atoms with Gasteiger partial charge in [0.15, 0.2) is 6.61 Å². The van der Waals surface area contributed by atoms with Gasteiger partial charge in [-0.2, -0.15) is 5.10 Å². The van der Waals surface area contributed by atoms with Crippen LogP contribution in [0.15, 0.2) is 47.6 Å². The first-order valence-corrected chi connectivity index (χ1v) is 7.04. The van der Waals surface area contributed by atoms with Crippen LogP contribution in [0.4, 0.5) is 4.39 Å². The third-order valence-corrected chi connectivity index (χ3v) is 3.01. The van der Waals surface area contributed by atoms with Crippen LogP contribution in [-0.4, -0.2) is 32.9 Å². The van der Waals surface area contributed by atoms with E-state index in [9.17, 15) is 9.18 Å². The van der Waals surface area contributed by atoms with Crippen molar-refractivity contribution in [3.8, 4) is 17.2 Å². The van der Waals surface area contributed by atoms with Gasteiger partial charge in [0.1, 0.15) is 23.1 Å². The molecule has 7 heteroatoms. The van der Waals surface area contributed by atoms with Crippen LogP contribution in [0.3, 0.4) is 0 Å². The molecule has 1 N–H and O–H groups in total. The minimum atomic E-state index is -0.447. The molecule has 0 aliphatic carbocycles. The monoisotopic (exact) mass is 332 g/mol. The molecule has 0 radical (unpaired) electrons. The number of hydrogen-bond donors (Lipinski definition) is 1. The largest absolute Gasteiger partial charge is 0.497 e. The number of hydrazone groups is 1. The summed E-state index contributed by atoms with van der Waals surface area (Å²) < 4.78 is 28.3. The number of methoxy groups -OCH3 is 2. The standard InChI is InChI=1S/C17H17FN2O4/c1-22-15-7-8-16(23-2)12(9-15)10-19-20-17(21)11-24-14-5-3-13(18)4-6-14/h3-10H,11H2,1-2H3,(H,20,21)/b19-10-. The van der Waals surface area contributed by atoms with Gasteiger partial charge in [-0.3, -0.25) is 4.79 Å². The summed E-state index contributed by atoms with van der Waals surface area (Å²) in [6, 6.07) is 10.6. The maximum atomic E-state index is 12.8. The van der Waals surface area contributed by atoms with Crippen LogP contribution >= 0.6 is 0 Å². The van der Waals surface area contributed by atoms with E-state index in [-0.39, 0.29) is 12.4 Å². The molecule has 0 saturated carbocycles. The molecule has 126 valence electrons. The molecule has 0 aliphatic rings. The quantitative estimate of drug-likeness (QED) is 0.624. The summed E-state index contributed by atoms with van der Waals surface area (Å²) in [6.45, 7) is -0.238. The highest BCUT2D eigenvalue weighted by Crippen LogP contribution is 2.22. The summed E-state index contributed by atoms with van der Waals surface area (Å²) in [7, 11) is 3.09. The van der Waals surface area contributed by atoms with Crippen LogP contribution in [0, 0.1) is 5.82 Å². The molecular weight excluding hydrogens is 315 g/mol. The predicted octanol–water partition coefficient (Wildman–Crippen LogP) is 2.37. The molecule has 6 nitrogen and oxygen atoms in total. The molecule has 2 rings (SSSR count). The van der Waals surface area contributed by atoms with Crippen LogP contribution in [0.5, 0.6) is 17.2 Å². The number of carbonyl (C=O) groups excluding carboxylic acids is 1. The fourth-order valence-corrected chi connectivity index (χ4v) is 1.83. The van der Waals surface area contributed by atoms with Crippen LogP contribution in [0.25, 0.3) is 0 Å². The maximum Gasteiger partial charge on any atom is 0.277 e. The van der Waals surface area contributed by atoms with Crippen molar-refractivity contribution in [1.82, 2.24) is 5.43 Å². The Kier molecular flexibility index (Phi) is 6.13. The molecular formula is C17H17FN2O4. The molecule has 0 aliphatic heterocycles. The van der Waals surface area contributed by atoms with E-state index in [4.69, 9.17) is 14.2 Å². The molecule has 0 atom stereocenters. The lowest BCUT2D eigenvalue weighted by molar-refractivity contribution is -0.123. The number of carbonyl (C=O) groups is 1. The van der Waals surface area contributed by atoms with Gasteiger partial charge >= 0.3 is 0 Å². The molecule has 0 heterocycles. The van der Waals surface area contributed by atoms with Gasteiger partial charge in [-0.25, -0.2) is 9.82 Å². The molecule has 2 aromatic rings. The van der Waals surface area contributed by atoms with Crippen molar-refractivity contribution in [2.45, 2.75) is 0 Å². The number of nitrogens with zero attached hydrogens (tertiary/aromatic N) is 1. The lowest BCUT2D eigenvalue weighted by Gasteiger charge is -2.07. The Morgan fingerprint density at radius 2 is 1.83 bits per heavy atom. The number of amides is 1. The van der Waals surface area contributed by atoms with E-state index >= 15 is 0 Å². The Labute approximate surface area is 138 Å². The number of rotatable bonds is 7. The lowest BCUT2D eigenvalue weighted by atomic mass is 10.2. The van der Waals surface area contributed by atoms with Crippen LogP contribution in [0.2, 0.25) is 0 Å². The summed E-state index contributed by atoms with van der Waals surface area (Å²) in [5.74, 6) is 0.811. The van der Waals surface area contributed by atoms with Crippen LogP contribution < -0.4 is 19.6 Å². The van der Waals surface area contributed by atoms with E-state index in [0.717, 1.165) is 0 Å². The Balaban J connectivity index is 1.89. The number of halogens is 1. The Morgan fingerprint density at radius 3 is 2.50 bits per heavy atom. The molecule has 0 saturated heterocycles. The highest BCUT2D eigenvalue weighted by atomic mass is 19.1. The molecule has 24 heavy (non-hydrogen) atoms. The first kappa shape index (κ1) is 17.3. The van der Waals surface area contributed by atoms with E-state index in [1.54, 1.807) is 25.3 Å². The second kappa shape index (κ2) is 8.52. The van der Waals surface area contributed by atoms with E-state index in [0.29, 0.717) is 22.8 Å². The van der Waals surface area contributed by atoms with Gasteiger partial charge in [0.25, 0.3) is 5.91 Å². The Hall–Kier alpha value is -3.09. The summed E-state index contributed by atoms with van der Waals surface area (Å²) in [5, 5.41) is 3.85. The predicted molar refractivity (Wildman–Crippen MR) is 87.2 cm³/mol. The fraction of sp³-hybridized carbons (Fsp3) is 0.176. The zero-order chi connectivity index (χ0) is 17.4. The van der Waals surface area contributed by atoms with Gasteiger partial charge in [0, 0.05) is 5.56 Å². The molecule has 0 aromatic heterocycles. The van der Waals surface area contributed by atoms with E-state index in [1.807, 2.05) is 0 Å². The summed E-state index contributed by atoms with van der Waals surface area (Å²) in [4.78, 5) is 11.7. The third-order valence-electron chi connectivity index (χ3n) is 3.01. The van der Waals surface area contributed by atoms with Gasteiger partial charge in [0.05, 0.1) is 20.4 Å². The zero-order valence-corrected chi connectivity index (χ0v) is 13.3. The van der Waals surface area contributed by atoms with Crippen molar-refractivity contribution in [2.75, 3.05) is 20.8 Å². The van der Waals surface area contributed by atoms with Gasteiger partial charge < -0.3 is 14.2 Å². The van der Waals surface area contributed by atoms with Crippen molar-refractivity contribution in [3.05, 3.63) is 53.8 Å². The minimum absolute atomic E-state index is 0.238. The van der Waals surface area contributed by atoms with Crippen molar-refractivity contribution in [2.24, 2.45) is 5.10 Å². The van der Waals surface area contributed by atoms with Crippen molar-refractivity contribution < 1.29 is 23.4 Å². The Bertz CT molecular complexity index is 717. The lowest BCUT2D eigenvalue weighted by Crippen LogP contribution is -2.24. The average molecular weight is 332 g/mol. The smallest absolute Gasteiger partial charge is 0.277 e. The van der Waals surface area contributed by atoms with Crippen molar-refractivity contribution in [1.29, 1.82) is 0 Å². The number of hydrogen-bond acceptors (Lipinski definition) is 5. The molecule has 0 fully saturated rings. The number of ether oxygens (including phenoxy) is 3. The highest BCUT2D eigenvalue weighted by molar-refractivity contribution is 5.86. The van der Waals surface area contributed by atoms with E-state index in [1.165, 1.54) is 37.6 Å². The third kappa shape index (κ3) is 4.98. The summed E-state index contributed by atoms with van der Waals surface area (Å²) >= 11 is 0. The first-order valence-electron chi connectivity index (χ1n) is 7.04. The molecule has 2 aromatic carbocycles. The SMILES string of the molecule is COc1ccc(OC)c(/C=N\NC(=O)COc2ccc(F)cc2)c1. The van der Waals surface area contributed by atoms with Gasteiger partial charge in [-0.15, -0.1) is 0 Å². The van der Waals surface area contributed by atoms with Crippen molar-refractivity contribution in [3.63, 3.8) is 0 Å². The average Bonchev–Trinajstić information content (AvgIpc) is 2.61. The van der Waals surface area contributed by atoms with Crippen LogP contribution in [0.1, 0.15) is 5.56 Å². The number of benzene rings is 2. The highest BCUT2D eigenvalue weighted by Gasteiger charge is 2.04. The fourth-order valence-electron chi connectivity index (χ4n) is 1.83. The normalized spacial score (nSPS) is 10.5. The molecule has 0 bridgehead atoms. The van der Waals surface area contributed by atoms with Gasteiger partial charge in [-0.05, 0) is 42.5 Å². The molecule has 0 unspecified atom stereocenters. The minimum Gasteiger partial charge on any atom is -0.497 e. The topological polar surface area (TPSA) is 69.2 Å². The molecule has 0 spiro atoms. The second-order valence-electron chi connectivity index (χ2n) is 4.64. The molecule has 1 amide bonds. The van der Waals surface area contributed by atoms with E-state index in [2.05, 4.69) is 10.5 Å². The zero-order valence-electron chi connectivity index (χ0n) is 13.3. The van der Waals surface area contributed by atoms with Crippen LogP contribution in [-0.2, 0) is 4.79 Å². The van der Waals surface area contributed by atoms with Gasteiger partial charge in [-0.1, -0.05) is 0 Å². The second-order valence-corrected chi connectivity index (χ2v) is 4.64. The summed E-state index contributed by atoms with van der Waals surface area (Å²) in [6.07, 6.45) is 1.44. The van der Waals surface area contributed by atoms with Gasteiger partial charge in [0.2, 0.25) is 0 Å². The first-order chi connectivity index (χ1) is 11.6.